The molecule has 2 atom stereocenters. The minimum Gasteiger partial charge on any atom is -0.485 e. The molecular weight excluding hydrogens is 350 g/mol. The molecule has 8 heteroatoms. The van der Waals surface area contributed by atoms with E-state index in [2.05, 4.69) is 10.1 Å². The van der Waals surface area contributed by atoms with Crippen LogP contribution in [-0.2, 0) is 17.8 Å². The van der Waals surface area contributed by atoms with Crippen molar-refractivity contribution in [3.8, 4) is 5.75 Å². The minimum atomic E-state index is -0.957. The van der Waals surface area contributed by atoms with Crippen LogP contribution in [0.4, 0.5) is 0 Å². The van der Waals surface area contributed by atoms with Crippen LogP contribution in [0, 0.1) is 5.92 Å². The van der Waals surface area contributed by atoms with Crippen molar-refractivity contribution in [1.82, 2.24) is 15.0 Å². The highest BCUT2D eigenvalue weighted by molar-refractivity contribution is 5.96. The normalized spacial score (nSPS) is 19.7. The molecule has 1 amide bonds. The first-order valence-electron chi connectivity index (χ1n) is 9.06. The third-order valence-corrected chi connectivity index (χ3v) is 4.69. The summed E-state index contributed by atoms with van der Waals surface area (Å²) >= 11 is 0. The molecule has 1 aromatic heterocycles. The maximum atomic E-state index is 12.7. The van der Waals surface area contributed by atoms with E-state index in [-0.39, 0.29) is 12.5 Å². The highest BCUT2D eigenvalue weighted by Gasteiger charge is 2.35. The van der Waals surface area contributed by atoms with Crippen molar-refractivity contribution in [3.05, 3.63) is 41.5 Å². The minimum absolute atomic E-state index is 0.169. The Morgan fingerprint density at radius 2 is 2.07 bits per heavy atom. The summed E-state index contributed by atoms with van der Waals surface area (Å²) in [6.45, 7) is 4.55. The first-order valence-corrected chi connectivity index (χ1v) is 9.06. The fraction of sp³-hybridized carbons (Fsp3) is 0.474. The van der Waals surface area contributed by atoms with Gasteiger partial charge >= 0.3 is 5.97 Å². The zero-order valence-electron chi connectivity index (χ0n) is 15.4. The molecule has 2 unspecified atom stereocenters. The molecule has 1 aromatic carbocycles. The number of carboxylic acids is 1. The molecule has 2 heterocycles. The number of piperidine rings is 1. The van der Waals surface area contributed by atoms with Gasteiger partial charge in [-0.05, 0) is 43.0 Å². The molecule has 1 aliphatic rings. The van der Waals surface area contributed by atoms with Gasteiger partial charge in [0.05, 0.1) is 0 Å². The fourth-order valence-corrected chi connectivity index (χ4v) is 3.12. The molecule has 1 N–H and O–H groups in total. The first-order chi connectivity index (χ1) is 13.0. The standard InChI is InChI=1S/C19H23N3O5/c1-3-17-20-16(21-27-17)11-26-14-6-4-13(5-7-14)18(23)22-9-8-12(2)10-15(22)19(24)25/h4-7,12,15H,3,8-11H2,1-2H3,(H,24,25). The van der Waals surface area contributed by atoms with Crippen LogP contribution >= 0.6 is 0 Å². The van der Waals surface area contributed by atoms with Crippen LogP contribution in [0.1, 0.15) is 48.8 Å². The number of ether oxygens (including phenoxy) is 1. The van der Waals surface area contributed by atoms with Crippen LogP contribution in [0.2, 0.25) is 0 Å². The van der Waals surface area contributed by atoms with Gasteiger partial charge in [-0.25, -0.2) is 4.79 Å². The quantitative estimate of drug-likeness (QED) is 0.829. The number of carbonyl (C=O) groups is 2. The van der Waals surface area contributed by atoms with E-state index in [0.29, 0.717) is 48.3 Å². The Kier molecular flexibility index (Phi) is 5.73. The van der Waals surface area contributed by atoms with Crippen molar-refractivity contribution in [2.24, 2.45) is 5.92 Å². The van der Waals surface area contributed by atoms with Crippen LogP contribution in [-0.4, -0.2) is 44.6 Å². The van der Waals surface area contributed by atoms with E-state index in [0.717, 1.165) is 6.42 Å². The Morgan fingerprint density at radius 3 is 2.70 bits per heavy atom. The summed E-state index contributed by atoms with van der Waals surface area (Å²) < 4.78 is 10.6. The summed E-state index contributed by atoms with van der Waals surface area (Å²) in [5.74, 6) is 0.644. The maximum absolute atomic E-state index is 12.7. The van der Waals surface area contributed by atoms with Gasteiger partial charge in [-0.15, -0.1) is 0 Å². The molecule has 1 aliphatic heterocycles. The summed E-state index contributed by atoms with van der Waals surface area (Å²) in [5, 5.41) is 13.2. The highest BCUT2D eigenvalue weighted by Crippen LogP contribution is 2.25. The third kappa shape index (κ3) is 4.45. The Balaban J connectivity index is 1.63. The predicted molar refractivity (Wildman–Crippen MR) is 95.3 cm³/mol. The van der Waals surface area contributed by atoms with E-state index in [1.807, 2.05) is 13.8 Å². The summed E-state index contributed by atoms with van der Waals surface area (Å²) in [7, 11) is 0. The molecule has 144 valence electrons. The van der Waals surface area contributed by atoms with Crippen molar-refractivity contribution >= 4 is 11.9 Å². The molecular formula is C19H23N3O5. The van der Waals surface area contributed by atoms with E-state index in [1.165, 1.54) is 4.90 Å². The largest absolute Gasteiger partial charge is 0.485 e. The highest BCUT2D eigenvalue weighted by atomic mass is 16.5. The number of hydrogen-bond donors (Lipinski definition) is 1. The first kappa shape index (κ1) is 18.9. The zero-order chi connectivity index (χ0) is 19.4. The second-order valence-electron chi connectivity index (χ2n) is 6.75. The number of carbonyl (C=O) groups excluding carboxylic acids is 1. The van der Waals surface area contributed by atoms with Crippen molar-refractivity contribution in [3.63, 3.8) is 0 Å². The lowest BCUT2D eigenvalue weighted by Gasteiger charge is -2.36. The molecule has 27 heavy (non-hydrogen) atoms. The number of carboxylic acid groups (broad SMARTS) is 1. The number of aryl methyl sites for hydroxylation is 1. The van der Waals surface area contributed by atoms with Crippen molar-refractivity contribution in [2.75, 3.05) is 6.54 Å². The zero-order valence-corrected chi connectivity index (χ0v) is 15.4. The van der Waals surface area contributed by atoms with Gasteiger partial charge in [0.25, 0.3) is 5.91 Å². The SMILES string of the molecule is CCc1nc(COc2ccc(C(=O)N3CCC(C)CC3C(=O)O)cc2)no1. The van der Waals surface area contributed by atoms with E-state index in [4.69, 9.17) is 9.26 Å². The van der Waals surface area contributed by atoms with Crippen molar-refractivity contribution in [2.45, 2.75) is 45.8 Å². The molecule has 1 fully saturated rings. The molecule has 0 bridgehead atoms. The number of benzene rings is 1. The van der Waals surface area contributed by atoms with Gasteiger partial charge in [0.15, 0.2) is 6.61 Å². The number of aromatic nitrogens is 2. The summed E-state index contributed by atoms with van der Waals surface area (Å²) in [4.78, 5) is 29.9. The number of hydrogen-bond acceptors (Lipinski definition) is 6. The summed E-state index contributed by atoms with van der Waals surface area (Å²) in [5.41, 5.74) is 0.441. The van der Waals surface area contributed by atoms with Crippen LogP contribution < -0.4 is 4.74 Å². The summed E-state index contributed by atoms with van der Waals surface area (Å²) in [6.07, 6.45) is 1.95. The Bertz CT molecular complexity index is 802. The third-order valence-electron chi connectivity index (χ3n) is 4.69. The lowest BCUT2D eigenvalue weighted by Crippen LogP contribution is -2.49. The number of aliphatic carboxylic acids is 1. The molecule has 3 rings (SSSR count). The Labute approximate surface area is 157 Å². The van der Waals surface area contributed by atoms with Crippen LogP contribution in [0.15, 0.2) is 28.8 Å². The molecule has 0 aliphatic carbocycles. The topological polar surface area (TPSA) is 106 Å². The van der Waals surface area contributed by atoms with E-state index < -0.39 is 12.0 Å². The molecule has 1 saturated heterocycles. The average molecular weight is 373 g/mol. The van der Waals surface area contributed by atoms with E-state index in [9.17, 15) is 14.7 Å². The maximum Gasteiger partial charge on any atom is 0.326 e. The van der Waals surface area contributed by atoms with Gasteiger partial charge in [0.2, 0.25) is 11.7 Å². The van der Waals surface area contributed by atoms with E-state index in [1.54, 1.807) is 24.3 Å². The lowest BCUT2D eigenvalue weighted by atomic mass is 9.92. The lowest BCUT2D eigenvalue weighted by molar-refractivity contribution is -0.144. The molecule has 0 spiro atoms. The second-order valence-corrected chi connectivity index (χ2v) is 6.75. The summed E-state index contributed by atoms with van der Waals surface area (Å²) in [6, 6.07) is 5.86. The van der Waals surface area contributed by atoms with Crippen molar-refractivity contribution < 1.29 is 24.0 Å². The van der Waals surface area contributed by atoms with Gasteiger partial charge in [0.1, 0.15) is 11.8 Å². The monoisotopic (exact) mass is 373 g/mol. The number of likely N-dealkylation sites (tertiary alicyclic amines) is 1. The van der Waals surface area contributed by atoms with Gasteiger partial charge in [-0.2, -0.15) is 4.98 Å². The van der Waals surface area contributed by atoms with Gasteiger partial charge < -0.3 is 19.3 Å². The predicted octanol–water partition coefficient (Wildman–Crippen LogP) is 2.54. The second kappa shape index (κ2) is 8.20. The Morgan fingerprint density at radius 1 is 1.33 bits per heavy atom. The van der Waals surface area contributed by atoms with Crippen molar-refractivity contribution in [1.29, 1.82) is 0 Å². The smallest absolute Gasteiger partial charge is 0.326 e. The molecule has 8 nitrogen and oxygen atoms in total. The van der Waals surface area contributed by atoms with Crippen LogP contribution in [0.3, 0.4) is 0 Å². The van der Waals surface area contributed by atoms with Gasteiger partial charge in [-0.1, -0.05) is 19.0 Å². The van der Waals surface area contributed by atoms with E-state index >= 15 is 0 Å². The fourth-order valence-electron chi connectivity index (χ4n) is 3.12. The molecule has 2 aromatic rings. The average Bonchev–Trinajstić information content (AvgIpc) is 3.14. The van der Waals surface area contributed by atoms with Crippen LogP contribution in [0.25, 0.3) is 0 Å². The van der Waals surface area contributed by atoms with Gasteiger partial charge in [-0.3, -0.25) is 4.79 Å². The molecule has 0 saturated carbocycles. The Hall–Kier alpha value is -2.90. The number of amides is 1. The molecule has 0 radical (unpaired) electrons. The van der Waals surface area contributed by atoms with Gasteiger partial charge in [0, 0.05) is 18.5 Å². The number of rotatable bonds is 6. The number of nitrogens with zero attached hydrogens (tertiary/aromatic N) is 3. The van der Waals surface area contributed by atoms with Crippen LogP contribution in [0.5, 0.6) is 5.75 Å².